The van der Waals surface area contributed by atoms with E-state index in [9.17, 15) is 0 Å². The summed E-state index contributed by atoms with van der Waals surface area (Å²) in [5, 5.41) is 0. The lowest BCUT2D eigenvalue weighted by atomic mass is 9.78. The van der Waals surface area contributed by atoms with E-state index in [2.05, 4.69) is 29.0 Å². The summed E-state index contributed by atoms with van der Waals surface area (Å²) in [4.78, 5) is 0. The minimum absolute atomic E-state index is 0.297. The molecule has 1 aliphatic carbocycles. The highest BCUT2D eigenvalue weighted by Gasteiger charge is 2.56. The maximum atomic E-state index is 5.65. The van der Waals surface area contributed by atoms with Crippen molar-refractivity contribution in [1.82, 2.24) is 0 Å². The van der Waals surface area contributed by atoms with Crippen LogP contribution in [0, 0.1) is 5.92 Å². The molecule has 1 saturated heterocycles. The fourth-order valence-electron chi connectivity index (χ4n) is 3.47. The van der Waals surface area contributed by atoms with Crippen LogP contribution in [-0.4, -0.2) is 12.2 Å². The summed E-state index contributed by atoms with van der Waals surface area (Å²) in [6.07, 6.45) is 7.43. The molecule has 3 atom stereocenters. The molecule has 78 valence electrons. The first-order valence-electron chi connectivity index (χ1n) is 5.99. The van der Waals surface area contributed by atoms with E-state index in [4.69, 9.17) is 4.74 Å². The molecule has 0 radical (unpaired) electrons. The van der Waals surface area contributed by atoms with Crippen LogP contribution >= 0.6 is 0 Å². The maximum absolute atomic E-state index is 5.65. The van der Waals surface area contributed by atoms with Crippen molar-refractivity contribution in [3.63, 3.8) is 0 Å². The summed E-state index contributed by atoms with van der Waals surface area (Å²) < 4.78 is 8.14. The van der Waals surface area contributed by atoms with Crippen LogP contribution in [0.1, 0.15) is 31.0 Å². The van der Waals surface area contributed by atoms with Gasteiger partial charge < -0.3 is 4.74 Å². The second-order valence-electron chi connectivity index (χ2n) is 5.35. The summed E-state index contributed by atoms with van der Waals surface area (Å²) in [5.74, 6) is 0.877. The van der Waals surface area contributed by atoms with Crippen LogP contribution in [0.3, 0.4) is 0 Å². The number of hydrogen-bond donors (Lipinski definition) is 0. The van der Waals surface area contributed by atoms with Crippen LogP contribution < -0.4 is 4.57 Å². The summed E-state index contributed by atoms with van der Waals surface area (Å²) in [6, 6.07) is 7.31. The Bertz CT molecular complexity index is 411. The van der Waals surface area contributed by atoms with Crippen molar-refractivity contribution in [3.05, 3.63) is 30.1 Å². The van der Waals surface area contributed by atoms with Crippen molar-refractivity contribution in [2.24, 2.45) is 5.92 Å². The quantitative estimate of drug-likeness (QED) is 0.461. The van der Waals surface area contributed by atoms with Crippen LogP contribution in [0.15, 0.2) is 24.4 Å². The van der Waals surface area contributed by atoms with Gasteiger partial charge >= 0.3 is 0 Å². The molecule has 2 aliphatic heterocycles. The number of ether oxygens (including phenoxy) is 1. The lowest BCUT2D eigenvalue weighted by Crippen LogP contribution is -2.44. The molecule has 1 spiro atoms. The first-order valence-corrected chi connectivity index (χ1v) is 5.99. The molecule has 4 rings (SSSR count). The smallest absolute Gasteiger partial charge is 0.182 e. The van der Waals surface area contributed by atoms with E-state index in [1.807, 2.05) is 0 Å². The van der Waals surface area contributed by atoms with Gasteiger partial charge in [0, 0.05) is 30.9 Å². The van der Waals surface area contributed by atoms with E-state index in [1.165, 1.54) is 31.4 Å². The van der Waals surface area contributed by atoms with Gasteiger partial charge in [-0.15, -0.1) is 0 Å². The third kappa shape index (κ3) is 1.11. The summed E-state index contributed by atoms with van der Waals surface area (Å²) in [5.41, 5.74) is 1.82. The van der Waals surface area contributed by atoms with Crippen molar-refractivity contribution in [1.29, 1.82) is 0 Å². The molecular formula is C13H16NO+. The summed E-state index contributed by atoms with van der Waals surface area (Å²) >= 11 is 0. The lowest BCUT2D eigenvalue weighted by molar-refractivity contribution is -0.723. The molecular weight excluding hydrogens is 186 g/mol. The van der Waals surface area contributed by atoms with Gasteiger partial charge in [-0.1, -0.05) is 6.07 Å². The normalized spacial score (nSPS) is 41.3. The number of hydrogen-bond acceptors (Lipinski definition) is 1. The van der Waals surface area contributed by atoms with Crippen LogP contribution in [0.5, 0.6) is 0 Å². The molecule has 0 N–H and O–H groups in total. The number of fused-ring (bicyclic) bond motifs is 3. The Kier molecular flexibility index (Phi) is 1.44. The van der Waals surface area contributed by atoms with Gasteiger partial charge in [-0.05, 0) is 12.8 Å². The molecule has 3 unspecified atom stereocenters. The zero-order chi connectivity index (χ0) is 9.88. The molecule has 2 heteroatoms. The predicted molar refractivity (Wildman–Crippen MR) is 55.4 cm³/mol. The topological polar surface area (TPSA) is 16.4 Å². The van der Waals surface area contributed by atoms with Crippen molar-refractivity contribution < 1.29 is 9.30 Å². The third-order valence-corrected chi connectivity index (χ3v) is 4.46. The largest absolute Gasteiger partial charge is 0.369 e. The van der Waals surface area contributed by atoms with E-state index in [0.29, 0.717) is 5.60 Å². The standard InChI is InChI=1S/C13H16NO/c1-2-6-14-11(3-1)7-10-4-5-13(9-15-13)8-12(10)14/h1-3,6,10,12H,4-5,7-9H2/q+1. The van der Waals surface area contributed by atoms with Gasteiger partial charge in [0.1, 0.15) is 0 Å². The van der Waals surface area contributed by atoms with Gasteiger partial charge in [0.15, 0.2) is 17.9 Å². The second-order valence-corrected chi connectivity index (χ2v) is 5.35. The SMILES string of the molecule is c1cc[n+]2c(c1)CC1CCC3(CO3)CC12. The molecule has 3 heterocycles. The van der Waals surface area contributed by atoms with E-state index in [1.54, 1.807) is 0 Å². The Morgan fingerprint density at radius 3 is 3.20 bits per heavy atom. The van der Waals surface area contributed by atoms with Gasteiger partial charge in [0.2, 0.25) is 0 Å². The first kappa shape index (κ1) is 8.28. The summed E-state index contributed by atoms with van der Waals surface area (Å²) in [7, 11) is 0. The molecule has 1 aromatic heterocycles. The maximum Gasteiger partial charge on any atom is 0.182 e. The zero-order valence-electron chi connectivity index (χ0n) is 8.86. The minimum atomic E-state index is 0.297. The second kappa shape index (κ2) is 2.62. The van der Waals surface area contributed by atoms with Gasteiger partial charge in [0.05, 0.1) is 12.2 Å². The molecule has 0 aromatic carbocycles. The average Bonchev–Trinajstić information content (AvgIpc) is 2.91. The fourth-order valence-corrected chi connectivity index (χ4v) is 3.47. The Labute approximate surface area is 89.9 Å². The molecule has 3 aliphatic rings. The average molecular weight is 202 g/mol. The number of pyridine rings is 1. The predicted octanol–water partition coefficient (Wildman–Crippen LogP) is 1.64. The van der Waals surface area contributed by atoms with E-state index < -0.39 is 0 Å². The van der Waals surface area contributed by atoms with E-state index >= 15 is 0 Å². The monoisotopic (exact) mass is 202 g/mol. The van der Waals surface area contributed by atoms with Crippen LogP contribution in [0.25, 0.3) is 0 Å². The minimum Gasteiger partial charge on any atom is -0.369 e. The molecule has 15 heavy (non-hydrogen) atoms. The van der Waals surface area contributed by atoms with Gasteiger partial charge in [-0.25, -0.2) is 0 Å². The van der Waals surface area contributed by atoms with Gasteiger partial charge in [0.25, 0.3) is 0 Å². The number of aromatic nitrogens is 1. The number of epoxide rings is 1. The van der Waals surface area contributed by atoms with Crippen molar-refractivity contribution >= 4 is 0 Å². The number of rotatable bonds is 0. The molecule has 2 nitrogen and oxygen atoms in total. The molecule has 1 saturated carbocycles. The molecule has 0 bridgehead atoms. The molecule has 0 amide bonds. The van der Waals surface area contributed by atoms with Crippen molar-refractivity contribution in [2.45, 2.75) is 37.3 Å². The molecule has 2 fully saturated rings. The Morgan fingerprint density at radius 2 is 2.33 bits per heavy atom. The van der Waals surface area contributed by atoms with Crippen LogP contribution in [0.4, 0.5) is 0 Å². The zero-order valence-corrected chi connectivity index (χ0v) is 8.86. The Morgan fingerprint density at radius 1 is 1.40 bits per heavy atom. The highest BCUT2D eigenvalue weighted by atomic mass is 16.6. The lowest BCUT2D eigenvalue weighted by Gasteiger charge is -2.25. The number of nitrogens with zero attached hydrogens (tertiary/aromatic N) is 1. The van der Waals surface area contributed by atoms with Crippen molar-refractivity contribution in [2.75, 3.05) is 6.61 Å². The highest BCUT2D eigenvalue weighted by Crippen LogP contribution is 2.49. The van der Waals surface area contributed by atoms with E-state index in [-0.39, 0.29) is 0 Å². The Balaban J connectivity index is 1.74. The summed E-state index contributed by atoms with van der Waals surface area (Å²) in [6.45, 7) is 1.01. The Hall–Kier alpha value is -0.890. The van der Waals surface area contributed by atoms with Crippen LogP contribution in [-0.2, 0) is 11.2 Å². The van der Waals surface area contributed by atoms with Gasteiger partial charge in [-0.2, -0.15) is 4.57 Å². The van der Waals surface area contributed by atoms with E-state index in [0.717, 1.165) is 18.6 Å². The highest BCUT2D eigenvalue weighted by molar-refractivity contribution is 5.07. The molecule has 1 aromatic rings. The van der Waals surface area contributed by atoms with Crippen LogP contribution in [0.2, 0.25) is 0 Å². The van der Waals surface area contributed by atoms with Crippen molar-refractivity contribution in [3.8, 4) is 0 Å². The fraction of sp³-hybridized carbons (Fsp3) is 0.615. The first-order chi connectivity index (χ1) is 7.36. The third-order valence-electron chi connectivity index (χ3n) is 4.46. The van der Waals surface area contributed by atoms with Gasteiger partial charge in [-0.3, -0.25) is 0 Å².